The summed E-state index contributed by atoms with van der Waals surface area (Å²) in [6.07, 6.45) is 5.45. The Labute approximate surface area is 213 Å². The maximum atomic E-state index is 12.8. The van der Waals surface area contributed by atoms with E-state index in [0.29, 0.717) is 45.0 Å². The summed E-state index contributed by atoms with van der Waals surface area (Å²) in [4.78, 5) is 39.9. The first-order valence-electron chi connectivity index (χ1n) is 12.0. The number of aromatic amines is 1. The lowest BCUT2D eigenvalue weighted by Gasteiger charge is -2.35. The summed E-state index contributed by atoms with van der Waals surface area (Å²) in [5.41, 5.74) is 3.14. The summed E-state index contributed by atoms with van der Waals surface area (Å²) in [6.45, 7) is 6.01. The fourth-order valence-electron chi connectivity index (χ4n) is 4.67. The zero-order valence-corrected chi connectivity index (χ0v) is 20.8. The summed E-state index contributed by atoms with van der Waals surface area (Å²) in [7, 11) is 0. The zero-order chi connectivity index (χ0) is 25.1. The molecule has 3 aromatic heterocycles. The largest absolute Gasteiger partial charge is 0.378 e. The van der Waals surface area contributed by atoms with E-state index in [1.54, 1.807) is 6.20 Å². The van der Waals surface area contributed by atoms with Crippen LogP contribution in [0, 0.1) is 6.92 Å². The van der Waals surface area contributed by atoms with Gasteiger partial charge in [-0.2, -0.15) is 5.10 Å². The van der Waals surface area contributed by atoms with Crippen LogP contribution in [0.3, 0.4) is 0 Å². The predicted octanol–water partition coefficient (Wildman–Crippen LogP) is 2.34. The number of rotatable bonds is 7. The van der Waals surface area contributed by atoms with Gasteiger partial charge in [0.05, 0.1) is 43.3 Å². The minimum atomic E-state index is -0.443. The highest BCUT2D eigenvalue weighted by atomic mass is 35.5. The monoisotopic (exact) mass is 509 g/mol. The Bertz CT molecular complexity index is 1280. The number of nitrogens with one attached hydrogen (secondary N) is 1. The highest BCUT2D eigenvalue weighted by Gasteiger charge is 2.33. The van der Waals surface area contributed by atoms with Gasteiger partial charge < -0.3 is 19.4 Å². The molecule has 1 amide bonds. The van der Waals surface area contributed by atoms with Gasteiger partial charge in [-0.3, -0.25) is 14.6 Å². The molecular formula is C25H28ClN7O3. The van der Waals surface area contributed by atoms with Crippen molar-refractivity contribution in [2.45, 2.75) is 25.9 Å². The van der Waals surface area contributed by atoms with Crippen LogP contribution in [0.15, 0.2) is 47.7 Å². The molecule has 0 aromatic carbocycles. The van der Waals surface area contributed by atoms with Crippen molar-refractivity contribution in [3.05, 3.63) is 75.1 Å². The van der Waals surface area contributed by atoms with Gasteiger partial charge in [0.2, 0.25) is 5.91 Å². The van der Waals surface area contributed by atoms with Crippen LogP contribution in [0.1, 0.15) is 29.3 Å². The van der Waals surface area contributed by atoms with Crippen molar-refractivity contribution in [1.82, 2.24) is 25.1 Å². The molecule has 10 nitrogen and oxygen atoms in total. The molecule has 1 saturated heterocycles. The van der Waals surface area contributed by atoms with Crippen molar-refractivity contribution in [2.24, 2.45) is 0 Å². The molecule has 0 aliphatic carbocycles. The van der Waals surface area contributed by atoms with Gasteiger partial charge in [0.15, 0.2) is 0 Å². The molecule has 36 heavy (non-hydrogen) atoms. The Hall–Kier alpha value is -3.50. The van der Waals surface area contributed by atoms with Crippen LogP contribution in [0.4, 0.5) is 11.5 Å². The average Bonchev–Trinajstić information content (AvgIpc) is 3.27. The molecule has 188 valence electrons. The summed E-state index contributed by atoms with van der Waals surface area (Å²) >= 11 is 6.28. The van der Waals surface area contributed by atoms with E-state index in [4.69, 9.17) is 16.3 Å². The molecule has 5 rings (SSSR count). The lowest BCUT2D eigenvalue weighted by atomic mass is 10.1. The van der Waals surface area contributed by atoms with Crippen LogP contribution in [-0.4, -0.2) is 70.4 Å². The van der Waals surface area contributed by atoms with Crippen LogP contribution in [0.25, 0.3) is 0 Å². The molecule has 1 N–H and O–H groups in total. The molecule has 5 heterocycles. The molecule has 0 unspecified atom stereocenters. The van der Waals surface area contributed by atoms with Gasteiger partial charge in [-0.05, 0) is 30.2 Å². The van der Waals surface area contributed by atoms with E-state index in [9.17, 15) is 9.59 Å². The molecule has 0 bridgehead atoms. The number of ether oxygens (including phenoxy) is 1. The number of hydrogen-bond acceptors (Lipinski definition) is 8. The van der Waals surface area contributed by atoms with Crippen LogP contribution in [0.5, 0.6) is 0 Å². The minimum Gasteiger partial charge on any atom is -0.378 e. The fourth-order valence-corrected chi connectivity index (χ4v) is 4.87. The number of H-pyrrole nitrogens is 1. The molecule has 3 aromatic rings. The van der Waals surface area contributed by atoms with E-state index < -0.39 is 5.56 Å². The second kappa shape index (κ2) is 10.6. The number of piperazine rings is 1. The van der Waals surface area contributed by atoms with Crippen LogP contribution in [0.2, 0.25) is 5.02 Å². The van der Waals surface area contributed by atoms with Crippen molar-refractivity contribution >= 4 is 29.0 Å². The molecule has 0 spiro atoms. The van der Waals surface area contributed by atoms with Gasteiger partial charge in [0.25, 0.3) is 5.56 Å². The Morgan fingerprint density at radius 1 is 1.17 bits per heavy atom. The number of halogens is 1. The zero-order valence-electron chi connectivity index (χ0n) is 20.1. The third kappa shape index (κ3) is 5.05. The Morgan fingerprint density at radius 3 is 2.78 bits per heavy atom. The summed E-state index contributed by atoms with van der Waals surface area (Å²) in [5.74, 6) is 1.02. The standard InChI is InChI=1S/C25H28ClN7O3/c1-17-4-5-21(28-13-17)31-8-10-32(11-9-31)22(34)6-12-36-16-20-24-18(3-2-7-27-24)15-33(20)19-14-29-30-25(35)23(19)26/h2-5,7,13-14,20H,6,8-12,15-16H2,1H3,(H,30,35)/t20-/m1/s1. The van der Waals surface area contributed by atoms with Gasteiger partial charge in [0, 0.05) is 45.1 Å². The molecule has 1 fully saturated rings. The third-order valence-electron chi connectivity index (χ3n) is 6.63. The van der Waals surface area contributed by atoms with Crippen LogP contribution < -0.4 is 15.4 Å². The average molecular weight is 510 g/mol. The Kier molecular flexibility index (Phi) is 7.15. The number of fused-ring (bicyclic) bond motifs is 1. The maximum absolute atomic E-state index is 12.8. The van der Waals surface area contributed by atoms with Crippen LogP contribution in [-0.2, 0) is 16.1 Å². The van der Waals surface area contributed by atoms with Gasteiger partial charge >= 0.3 is 0 Å². The van der Waals surface area contributed by atoms with Crippen molar-refractivity contribution in [1.29, 1.82) is 0 Å². The SMILES string of the molecule is Cc1ccc(N2CCN(C(=O)CCOC[C@@H]3c4ncccc4CN3c3cn[nH]c(=O)c3Cl)CC2)nc1. The molecule has 2 aliphatic rings. The number of amides is 1. The van der Waals surface area contributed by atoms with Gasteiger partial charge in [-0.1, -0.05) is 23.7 Å². The van der Waals surface area contributed by atoms with Crippen LogP contribution >= 0.6 is 11.6 Å². The number of anilines is 2. The Morgan fingerprint density at radius 2 is 2.00 bits per heavy atom. The van der Waals surface area contributed by atoms with E-state index in [2.05, 4.69) is 31.1 Å². The number of hydrogen-bond donors (Lipinski definition) is 1. The second-order valence-electron chi connectivity index (χ2n) is 8.98. The van der Waals surface area contributed by atoms with Gasteiger partial charge in [-0.25, -0.2) is 10.1 Å². The normalized spacial score (nSPS) is 17.4. The number of nitrogens with zero attached hydrogens (tertiary/aromatic N) is 6. The van der Waals surface area contributed by atoms with Gasteiger partial charge in [0.1, 0.15) is 10.8 Å². The number of carbonyl (C=O) groups is 1. The first kappa shape index (κ1) is 24.2. The summed E-state index contributed by atoms with van der Waals surface area (Å²) in [5, 5.41) is 6.34. The predicted molar refractivity (Wildman–Crippen MR) is 136 cm³/mol. The molecular weight excluding hydrogens is 482 g/mol. The van der Waals surface area contributed by atoms with Crippen molar-refractivity contribution in [3.8, 4) is 0 Å². The van der Waals surface area contributed by atoms with E-state index >= 15 is 0 Å². The van der Waals surface area contributed by atoms with Crippen molar-refractivity contribution in [2.75, 3.05) is 49.2 Å². The molecule has 11 heteroatoms. The molecule has 0 saturated carbocycles. The Balaban J connectivity index is 1.15. The molecule has 2 aliphatic heterocycles. The number of carbonyl (C=O) groups excluding carboxylic acids is 1. The van der Waals surface area contributed by atoms with Crippen molar-refractivity contribution < 1.29 is 9.53 Å². The number of pyridine rings is 2. The van der Waals surface area contributed by atoms with Gasteiger partial charge in [-0.15, -0.1) is 0 Å². The summed E-state index contributed by atoms with van der Waals surface area (Å²) in [6, 6.07) is 7.72. The maximum Gasteiger partial charge on any atom is 0.285 e. The van der Waals surface area contributed by atoms with E-state index in [1.807, 2.05) is 41.1 Å². The van der Waals surface area contributed by atoms with E-state index in [1.165, 1.54) is 6.20 Å². The smallest absolute Gasteiger partial charge is 0.285 e. The summed E-state index contributed by atoms with van der Waals surface area (Å²) < 4.78 is 5.96. The fraction of sp³-hybridized carbons (Fsp3) is 0.400. The first-order valence-corrected chi connectivity index (χ1v) is 12.4. The lowest BCUT2D eigenvalue weighted by Crippen LogP contribution is -2.49. The van der Waals surface area contributed by atoms with E-state index in [0.717, 1.165) is 35.7 Å². The second-order valence-corrected chi connectivity index (χ2v) is 9.35. The number of aromatic nitrogens is 4. The van der Waals surface area contributed by atoms with E-state index in [-0.39, 0.29) is 17.0 Å². The lowest BCUT2D eigenvalue weighted by molar-refractivity contribution is -0.132. The molecule has 0 radical (unpaired) electrons. The van der Waals surface area contributed by atoms with Crippen molar-refractivity contribution in [3.63, 3.8) is 0 Å². The highest BCUT2D eigenvalue weighted by Crippen LogP contribution is 2.38. The third-order valence-corrected chi connectivity index (χ3v) is 7.00. The quantitative estimate of drug-likeness (QED) is 0.484. The molecule has 1 atom stereocenters. The first-order chi connectivity index (χ1) is 17.5. The highest BCUT2D eigenvalue weighted by molar-refractivity contribution is 6.33. The number of aryl methyl sites for hydroxylation is 1. The topological polar surface area (TPSA) is 108 Å². The minimum absolute atomic E-state index is 0.0788.